The summed E-state index contributed by atoms with van der Waals surface area (Å²) in [5.41, 5.74) is 2.92. The second-order valence-electron chi connectivity index (χ2n) is 6.53. The minimum atomic E-state index is -3.69. The lowest BCUT2D eigenvalue weighted by Crippen LogP contribution is -2.28. The number of hydrogen-bond acceptors (Lipinski definition) is 3. The molecule has 138 valence electrons. The molecule has 1 fully saturated rings. The Hall–Kier alpha value is -1.89. The van der Waals surface area contributed by atoms with E-state index in [1.54, 1.807) is 0 Å². The fraction of sp³-hybridized carbons (Fsp3) is 0.316. The summed E-state index contributed by atoms with van der Waals surface area (Å²) in [4.78, 5) is 12.6. The third kappa shape index (κ3) is 3.77. The molecular weight excluding hydrogens is 372 g/mol. The summed E-state index contributed by atoms with van der Waals surface area (Å²) < 4.78 is 27.0. The third-order valence-electron chi connectivity index (χ3n) is 4.52. The van der Waals surface area contributed by atoms with Crippen molar-refractivity contribution in [3.8, 4) is 0 Å². The number of rotatable bonds is 4. The molecule has 3 rings (SSSR count). The van der Waals surface area contributed by atoms with Crippen LogP contribution in [0.15, 0.2) is 41.3 Å². The van der Waals surface area contributed by atoms with Crippen LogP contribution in [-0.4, -0.2) is 31.7 Å². The van der Waals surface area contributed by atoms with Crippen molar-refractivity contribution in [2.24, 2.45) is 0 Å². The highest BCUT2D eigenvalue weighted by Crippen LogP contribution is 2.28. The van der Waals surface area contributed by atoms with Gasteiger partial charge in [-0.1, -0.05) is 23.7 Å². The SMILES string of the molecule is Cc1ccc(C)c(NC(=O)c2ccc(Cl)c(S(=O)(=O)N3CCCC3)c2)c1. The predicted molar refractivity (Wildman–Crippen MR) is 103 cm³/mol. The van der Waals surface area contributed by atoms with Crippen molar-refractivity contribution >= 4 is 33.2 Å². The topological polar surface area (TPSA) is 66.5 Å². The maximum atomic E-state index is 12.8. The lowest BCUT2D eigenvalue weighted by atomic mass is 10.1. The van der Waals surface area contributed by atoms with E-state index >= 15 is 0 Å². The lowest BCUT2D eigenvalue weighted by Gasteiger charge is -2.17. The zero-order valence-electron chi connectivity index (χ0n) is 14.8. The van der Waals surface area contributed by atoms with Gasteiger partial charge in [0.15, 0.2) is 0 Å². The van der Waals surface area contributed by atoms with Crippen LogP contribution < -0.4 is 5.32 Å². The molecular formula is C19H21ClN2O3S. The van der Waals surface area contributed by atoms with Gasteiger partial charge >= 0.3 is 0 Å². The minimum absolute atomic E-state index is 0.0188. The molecule has 1 aliphatic heterocycles. The van der Waals surface area contributed by atoms with Crippen molar-refractivity contribution < 1.29 is 13.2 Å². The van der Waals surface area contributed by atoms with Crippen LogP contribution in [0.1, 0.15) is 34.3 Å². The van der Waals surface area contributed by atoms with E-state index in [0.29, 0.717) is 18.8 Å². The fourth-order valence-corrected chi connectivity index (χ4v) is 4.99. The molecule has 0 aliphatic carbocycles. The van der Waals surface area contributed by atoms with E-state index in [4.69, 9.17) is 11.6 Å². The van der Waals surface area contributed by atoms with Gasteiger partial charge in [-0.3, -0.25) is 4.79 Å². The van der Waals surface area contributed by atoms with Gasteiger partial charge in [0.1, 0.15) is 4.90 Å². The summed E-state index contributed by atoms with van der Waals surface area (Å²) in [5, 5.41) is 2.97. The van der Waals surface area contributed by atoms with Crippen LogP contribution in [0.4, 0.5) is 5.69 Å². The highest BCUT2D eigenvalue weighted by molar-refractivity contribution is 7.89. The smallest absolute Gasteiger partial charge is 0.255 e. The Labute approximate surface area is 159 Å². The molecule has 5 nitrogen and oxygen atoms in total. The van der Waals surface area contributed by atoms with Crippen molar-refractivity contribution in [1.29, 1.82) is 0 Å². The van der Waals surface area contributed by atoms with E-state index in [1.165, 1.54) is 22.5 Å². The van der Waals surface area contributed by atoms with Crippen molar-refractivity contribution in [1.82, 2.24) is 4.31 Å². The first-order chi connectivity index (χ1) is 12.3. The van der Waals surface area contributed by atoms with Crippen LogP contribution in [0.5, 0.6) is 0 Å². The lowest BCUT2D eigenvalue weighted by molar-refractivity contribution is 0.102. The van der Waals surface area contributed by atoms with E-state index in [9.17, 15) is 13.2 Å². The largest absolute Gasteiger partial charge is 0.322 e. The number of sulfonamides is 1. The number of carbonyl (C=O) groups excluding carboxylic acids is 1. The van der Waals surface area contributed by atoms with Crippen LogP contribution >= 0.6 is 11.6 Å². The third-order valence-corrected chi connectivity index (χ3v) is 6.90. The summed E-state index contributed by atoms with van der Waals surface area (Å²) >= 11 is 6.13. The first kappa shape index (κ1) is 18.9. The molecule has 2 aromatic carbocycles. The number of anilines is 1. The Bertz CT molecular complexity index is 951. The van der Waals surface area contributed by atoms with Gasteiger partial charge in [-0.05, 0) is 62.1 Å². The van der Waals surface area contributed by atoms with Gasteiger partial charge in [0.25, 0.3) is 5.91 Å². The molecule has 0 unspecified atom stereocenters. The zero-order valence-corrected chi connectivity index (χ0v) is 16.3. The van der Waals surface area contributed by atoms with E-state index in [1.807, 2.05) is 32.0 Å². The standard InChI is InChI=1S/C19H21ClN2O3S/c1-13-5-6-14(2)17(11-13)21-19(23)15-7-8-16(20)18(12-15)26(24,25)22-9-3-4-10-22/h5-8,11-12H,3-4,9-10H2,1-2H3,(H,21,23). The molecule has 0 spiro atoms. The van der Waals surface area contributed by atoms with Crippen LogP contribution in [0.25, 0.3) is 0 Å². The number of aryl methyl sites for hydroxylation is 2. The number of amides is 1. The second-order valence-corrected chi connectivity index (χ2v) is 8.84. The average molecular weight is 393 g/mol. The molecule has 2 aromatic rings. The molecule has 26 heavy (non-hydrogen) atoms. The van der Waals surface area contributed by atoms with Crippen molar-refractivity contribution in [2.75, 3.05) is 18.4 Å². The van der Waals surface area contributed by atoms with Crippen molar-refractivity contribution in [3.63, 3.8) is 0 Å². The van der Waals surface area contributed by atoms with Gasteiger partial charge < -0.3 is 5.32 Å². The summed E-state index contributed by atoms with van der Waals surface area (Å²) in [6.45, 7) is 4.81. The van der Waals surface area contributed by atoms with Crippen molar-refractivity contribution in [3.05, 3.63) is 58.1 Å². The molecule has 1 aliphatic rings. The number of hydrogen-bond donors (Lipinski definition) is 1. The Kier molecular flexibility index (Phi) is 5.37. The van der Waals surface area contributed by atoms with Crippen LogP contribution in [0.2, 0.25) is 5.02 Å². The maximum Gasteiger partial charge on any atom is 0.255 e. The quantitative estimate of drug-likeness (QED) is 0.855. The van der Waals surface area contributed by atoms with E-state index < -0.39 is 10.0 Å². The molecule has 0 atom stereocenters. The summed E-state index contributed by atoms with van der Waals surface area (Å²) in [6, 6.07) is 10.1. The number of nitrogens with one attached hydrogen (secondary N) is 1. The maximum absolute atomic E-state index is 12.8. The van der Waals surface area contributed by atoms with Gasteiger partial charge in [-0.15, -0.1) is 0 Å². The fourth-order valence-electron chi connectivity index (χ4n) is 2.97. The van der Waals surface area contributed by atoms with Gasteiger partial charge in [0.2, 0.25) is 10.0 Å². The predicted octanol–water partition coefficient (Wildman–Crippen LogP) is 3.99. The van der Waals surface area contributed by atoms with Crippen LogP contribution in [0, 0.1) is 13.8 Å². The highest BCUT2D eigenvalue weighted by Gasteiger charge is 2.29. The Morgan fingerprint density at radius 1 is 1.08 bits per heavy atom. The molecule has 1 amide bonds. The molecule has 7 heteroatoms. The Morgan fingerprint density at radius 2 is 1.77 bits per heavy atom. The molecule has 1 saturated heterocycles. The minimum Gasteiger partial charge on any atom is -0.322 e. The van der Waals surface area contributed by atoms with E-state index in [2.05, 4.69) is 5.32 Å². The summed E-state index contributed by atoms with van der Waals surface area (Å²) in [5.74, 6) is -0.367. The summed E-state index contributed by atoms with van der Waals surface area (Å²) in [6.07, 6.45) is 1.67. The number of carbonyl (C=O) groups is 1. The second kappa shape index (κ2) is 7.39. The highest BCUT2D eigenvalue weighted by atomic mass is 35.5. The van der Waals surface area contributed by atoms with E-state index in [-0.39, 0.29) is 21.4 Å². The number of benzene rings is 2. The van der Waals surface area contributed by atoms with Crippen molar-refractivity contribution in [2.45, 2.75) is 31.6 Å². The van der Waals surface area contributed by atoms with Crippen LogP contribution in [-0.2, 0) is 10.0 Å². The molecule has 1 heterocycles. The summed E-state index contributed by atoms with van der Waals surface area (Å²) in [7, 11) is -3.69. The van der Waals surface area contributed by atoms with Gasteiger partial charge in [0, 0.05) is 24.3 Å². The first-order valence-electron chi connectivity index (χ1n) is 8.47. The number of nitrogens with zero attached hydrogens (tertiary/aromatic N) is 1. The first-order valence-corrected chi connectivity index (χ1v) is 10.3. The molecule has 0 bridgehead atoms. The zero-order chi connectivity index (χ0) is 18.9. The van der Waals surface area contributed by atoms with Crippen LogP contribution in [0.3, 0.4) is 0 Å². The molecule has 0 saturated carbocycles. The molecule has 0 aromatic heterocycles. The molecule has 0 radical (unpaired) electrons. The average Bonchev–Trinajstić information content (AvgIpc) is 3.13. The number of halogens is 1. The molecule has 1 N–H and O–H groups in total. The van der Waals surface area contributed by atoms with Gasteiger partial charge in [0.05, 0.1) is 5.02 Å². The normalized spacial score (nSPS) is 15.2. The van der Waals surface area contributed by atoms with Gasteiger partial charge in [-0.2, -0.15) is 4.31 Å². The Balaban J connectivity index is 1.92. The Morgan fingerprint density at radius 3 is 2.46 bits per heavy atom. The van der Waals surface area contributed by atoms with Gasteiger partial charge in [-0.25, -0.2) is 8.42 Å². The monoisotopic (exact) mass is 392 g/mol. The van der Waals surface area contributed by atoms with E-state index in [0.717, 1.165) is 24.0 Å².